The van der Waals surface area contributed by atoms with Crippen molar-refractivity contribution in [3.05, 3.63) is 63.7 Å². The van der Waals surface area contributed by atoms with E-state index < -0.39 is 5.97 Å². The van der Waals surface area contributed by atoms with E-state index in [-0.39, 0.29) is 11.2 Å². The Morgan fingerprint density at radius 3 is 2.73 bits per heavy atom. The van der Waals surface area contributed by atoms with Gasteiger partial charge in [-0.15, -0.1) is 0 Å². The van der Waals surface area contributed by atoms with Gasteiger partial charge in [-0.1, -0.05) is 77.5 Å². The summed E-state index contributed by atoms with van der Waals surface area (Å²) in [5.41, 5.74) is 4.29. The van der Waals surface area contributed by atoms with Crippen molar-refractivity contribution < 1.29 is 14.3 Å². The lowest BCUT2D eigenvalue weighted by Crippen LogP contribution is -2.24. The summed E-state index contributed by atoms with van der Waals surface area (Å²) in [4.78, 5) is 14.8. The molecule has 0 saturated carbocycles. The Morgan fingerprint density at radius 1 is 1.18 bits per heavy atom. The van der Waals surface area contributed by atoms with Gasteiger partial charge in [0.25, 0.3) is 0 Å². The van der Waals surface area contributed by atoms with Gasteiger partial charge in [0.05, 0.1) is 0 Å². The molecule has 2 N–H and O–H groups in total. The van der Waals surface area contributed by atoms with E-state index in [9.17, 15) is 4.79 Å². The van der Waals surface area contributed by atoms with Crippen LogP contribution in [0.1, 0.15) is 105 Å². The summed E-state index contributed by atoms with van der Waals surface area (Å²) in [5.74, 6) is -0.0752. The van der Waals surface area contributed by atoms with Crippen LogP contribution in [0, 0.1) is 5.41 Å². The van der Waals surface area contributed by atoms with Crippen LogP contribution < -0.4 is 10.7 Å². The minimum Gasteiger partial charge on any atom is -0.475 e. The molecule has 0 amide bonds. The highest BCUT2D eigenvalue weighted by atomic mass is 16.4. The van der Waals surface area contributed by atoms with Crippen molar-refractivity contribution in [3.63, 3.8) is 0 Å². The van der Waals surface area contributed by atoms with Gasteiger partial charge < -0.3 is 14.5 Å². The summed E-state index contributed by atoms with van der Waals surface area (Å²) in [6.07, 6.45) is 22.3. The third-order valence-electron chi connectivity index (χ3n) is 7.03. The molecule has 0 fully saturated rings. The Kier molecular flexibility index (Phi) is 7.11. The van der Waals surface area contributed by atoms with Gasteiger partial charge in [0.1, 0.15) is 5.76 Å². The quantitative estimate of drug-likeness (QED) is 0.418. The van der Waals surface area contributed by atoms with Crippen LogP contribution >= 0.6 is 0 Å². The van der Waals surface area contributed by atoms with Crippen LogP contribution in [-0.4, -0.2) is 16.1 Å². The zero-order chi connectivity index (χ0) is 23.4. The first-order chi connectivity index (χ1) is 15.9. The average Bonchev–Trinajstić information content (AvgIpc) is 3.39. The van der Waals surface area contributed by atoms with Gasteiger partial charge in [-0.05, 0) is 65.7 Å². The summed E-state index contributed by atoms with van der Waals surface area (Å²) in [6.45, 7) is 6.88. The van der Waals surface area contributed by atoms with E-state index in [1.807, 2.05) is 12.2 Å². The molecule has 1 unspecified atom stereocenters. The minimum atomic E-state index is -1.05. The van der Waals surface area contributed by atoms with Gasteiger partial charge in [-0.25, -0.2) is 4.79 Å². The van der Waals surface area contributed by atoms with E-state index in [1.165, 1.54) is 79.3 Å². The number of aromatic nitrogens is 1. The molecule has 4 heteroatoms. The van der Waals surface area contributed by atoms with Gasteiger partial charge in [0.2, 0.25) is 5.76 Å². The summed E-state index contributed by atoms with van der Waals surface area (Å²) >= 11 is 0. The van der Waals surface area contributed by atoms with Crippen LogP contribution in [0.2, 0.25) is 0 Å². The number of hydrogen-bond donors (Lipinski definition) is 2. The second kappa shape index (κ2) is 10.0. The van der Waals surface area contributed by atoms with E-state index in [0.29, 0.717) is 11.7 Å². The fourth-order valence-corrected chi connectivity index (χ4v) is 5.17. The molecule has 2 aliphatic carbocycles. The Bertz CT molecular complexity index is 1170. The third-order valence-corrected chi connectivity index (χ3v) is 7.03. The number of carboxylic acids is 1. The van der Waals surface area contributed by atoms with E-state index in [1.54, 1.807) is 6.07 Å². The number of hydrogen-bond acceptors (Lipinski definition) is 2. The highest BCUT2D eigenvalue weighted by Gasteiger charge is 2.27. The van der Waals surface area contributed by atoms with Crippen LogP contribution in [0.15, 0.2) is 34.8 Å². The van der Waals surface area contributed by atoms with E-state index in [0.717, 1.165) is 12.0 Å². The number of carboxylic acid groups (broad SMARTS) is 1. The maximum Gasteiger partial charge on any atom is 0.371 e. The number of H-pyrrole nitrogens is 1. The molecule has 2 aromatic heterocycles. The molecule has 4 rings (SSSR count). The molecule has 2 aliphatic rings. The smallest absolute Gasteiger partial charge is 0.371 e. The Morgan fingerprint density at radius 2 is 1.97 bits per heavy atom. The number of fused-ring (bicyclic) bond motifs is 3. The van der Waals surface area contributed by atoms with Crippen LogP contribution in [-0.2, 0) is 6.42 Å². The van der Waals surface area contributed by atoms with Crippen molar-refractivity contribution in [1.82, 2.24) is 4.98 Å². The van der Waals surface area contributed by atoms with Crippen LogP contribution in [0.25, 0.3) is 17.7 Å². The second-order valence-corrected chi connectivity index (χ2v) is 10.3. The molecule has 176 valence electrons. The normalized spacial score (nSPS) is 18.9. The highest BCUT2D eigenvalue weighted by molar-refractivity contribution is 5.85. The Labute approximate surface area is 196 Å². The minimum absolute atomic E-state index is 0.0364. The van der Waals surface area contributed by atoms with Gasteiger partial charge in [-0.3, -0.25) is 0 Å². The zero-order valence-corrected chi connectivity index (χ0v) is 20.2. The predicted octanol–water partition coefficient (Wildman–Crippen LogP) is 6.33. The molecule has 4 nitrogen and oxygen atoms in total. The average molecular weight is 448 g/mol. The van der Waals surface area contributed by atoms with Crippen molar-refractivity contribution in [3.8, 4) is 0 Å². The maximum atomic E-state index is 11.1. The number of unbranched alkanes of at least 4 members (excludes halogenated alkanes) is 5. The standard InChI is InChI=1S/C29H37NO3/c1-4-5-6-7-8-9-10-20-11-12-21(13-14-22-15-16-25(33-22)28(31)32)27-26(20)23-17-18-29(2,3)19-24(23)30-27/h11-16,19-20,30H,4-10,17-18H2,1-3H3,(H,31,32). The molecule has 33 heavy (non-hydrogen) atoms. The van der Waals surface area contributed by atoms with E-state index in [4.69, 9.17) is 9.52 Å². The van der Waals surface area contributed by atoms with Gasteiger partial charge in [-0.2, -0.15) is 0 Å². The monoisotopic (exact) mass is 447 g/mol. The molecule has 1 atom stereocenters. The van der Waals surface area contributed by atoms with Gasteiger partial charge >= 0.3 is 5.97 Å². The molecule has 0 aliphatic heterocycles. The Balaban J connectivity index is 1.63. The van der Waals surface area contributed by atoms with Crippen molar-refractivity contribution in [1.29, 1.82) is 0 Å². The van der Waals surface area contributed by atoms with Crippen molar-refractivity contribution in [2.24, 2.45) is 5.41 Å². The summed E-state index contributed by atoms with van der Waals surface area (Å²) in [5, 5.41) is 11.6. The molecule has 0 radical (unpaired) electrons. The van der Waals surface area contributed by atoms with E-state index >= 15 is 0 Å². The van der Waals surface area contributed by atoms with Crippen LogP contribution in [0.5, 0.6) is 0 Å². The number of furan rings is 1. The molecule has 2 aromatic rings. The maximum absolute atomic E-state index is 11.1. The molecular weight excluding hydrogens is 410 g/mol. The number of allylic oxidation sites excluding steroid dienone is 3. The van der Waals surface area contributed by atoms with Gasteiger partial charge in [0, 0.05) is 16.6 Å². The second-order valence-electron chi connectivity index (χ2n) is 10.3. The fourth-order valence-electron chi connectivity index (χ4n) is 5.17. The van der Waals surface area contributed by atoms with Crippen molar-refractivity contribution in [2.75, 3.05) is 0 Å². The number of carbonyl (C=O) groups is 1. The van der Waals surface area contributed by atoms with Crippen molar-refractivity contribution >= 4 is 23.7 Å². The molecule has 0 spiro atoms. The molecule has 0 bridgehead atoms. The lowest BCUT2D eigenvalue weighted by atomic mass is 9.79. The van der Waals surface area contributed by atoms with Gasteiger partial charge in [0.15, 0.2) is 0 Å². The molecule has 0 saturated heterocycles. The largest absolute Gasteiger partial charge is 0.475 e. The summed E-state index contributed by atoms with van der Waals surface area (Å²) in [6, 6.07) is 3.20. The topological polar surface area (TPSA) is 66.2 Å². The van der Waals surface area contributed by atoms with Crippen molar-refractivity contribution in [2.45, 2.75) is 84.5 Å². The molecule has 0 aromatic carbocycles. The lowest BCUT2D eigenvalue weighted by molar-refractivity contribution is 0.0662. The van der Waals surface area contributed by atoms with Crippen LogP contribution in [0.3, 0.4) is 0 Å². The van der Waals surface area contributed by atoms with E-state index in [2.05, 4.69) is 44.0 Å². The summed E-state index contributed by atoms with van der Waals surface area (Å²) in [7, 11) is 0. The first-order valence-electron chi connectivity index (χ1n) is 12.6. The molecular formula is C29H37NO3. The Hall–Kier alpha value is -2.75. The summed E-state index contributed by atoms with van der Waals surface area (Å²) < 4.78 is 5.41. The number of aromatic carboxylic acids is 1. The lowest BCUT2D eigenvalue weighted by Gasteiger charge is -2.25. The third kappa shape index (κ3) is 5.43. The molecule has 2 heterocycles. The first kappa shape index (κ1) is 23.4. The highest BCUT2D eigenvalue weighted by Crippen LogP contribution is 2.33. The number of rotatable bonds is 10. The number of aromatic amines is 1. The first-order valence-corrected chi connectivity index (χ1v) is 12.6. The number of nitrogens with one attached hydrogen (secondary N) is 1. The SMILES string of the molecule is CCCCCCCCC1C=CC(C=Cc2ccc(C(=O)O)o2)=c2[nH]c3c(c21)CCC(C)(C)C=3. The predicted molar refractivity (Wildman–Crippen MR) is 135 cm³/mol. The van der Waals surface area contributed by atoms with Crippen LogP contribution in [0.4, 0.5) is 0 Å². The zero-order valence-electron chi connectivity index (χ0n) is 20.2. The fraction of sp³-hybridized carbons (Fsp3) is 0.483.